The minimum Gasteiger partial charge on any atom is -0.393 e. The molecule has 60 valence electrons. The summed E-state index contributed by atoms with van der Waals surface area (Å²) in [7, 11) is 0. The van der Waals surface area contributed by atoms with Crippen molar-refractivity contribution in [1.29, 1.82) is 0 Å². The number of aliphatic hydroxyl groups excluding tert-OH is 1. The summed E-state index contributed by atoms with van der Waals surface area (Å²) in [5, 5.41) is 9.26. The maximum absolute atomic E-state index is 9.26. The smallest absolute Gasteiger partial charge is 0.0543 e. The van der Waals surface area contributed by atoms with Crippen LogP contribution in [-0.4, -0.2) is 11.2 Å². The molecule has 1 fully saturated rings. The molecule has 0 saturated heterocycles. The molecule has 0 unspecified atom stereocenters. The Bertz CT molecular complexity index is 112. The van der Waals surface area contributed by atoms with Crippen molar-refractivity contribution < 1.29 is 5.11 Å². The topological polar surface area (TPSA) is 20.2 Å². The molecule has 0 radical (unpaired) electrons. The summed E-state index contributed by atoms with van der Waals surface area (Å²) in [5.41, 5.74) is 0.400. The van der Waals surface area contributed by atoms with E-state index in [-0.39, 0.29) is 6.10 Å². The molecule has 0 bridgehead atoms. The molecule has 1 saturated carbocycles. The van der Waals surface area contributed by atoms with Crippen LogP contribution in [0, 0.1) is 11.3 Å². The minimum absolute atomic E-state index is 0.00998. The molecule has 1 aliphatic rings. The Balaban J connectivity index is 2.45. The minimum atomic E-state index is -0.00998. The van der Waals surface area contributed by atoms with Crippen molar-refractivity contribution in [2.75, 3.05) is 0 Å². The molecular formula is C9H18O. The van der Waals surface area contributed by atoms with E-state index in [1.54, 1.807) is 0 Å². The fourth-order valence-corrected chi connectivity index (χ4v) is 1.74. The lowest BCUT2D eigenvalue weighted by atomic mass is 9.80. The predicted octanol–water partition coefficient (Wildman–Crippen LogP) is 2.19. The highest BCUT2D eigenvalue weighted by atomic mass is 16.3. The van der Waals surface area contributed by atoms with Gasteiger partial charge < -0.3 is 5.11 Å². The quantitative estimate of drug-likeness (QED) is 0.549. The molecule has 1 heteroatoms. The van der Waals surface area contributed by atoms with Gasteiger partial charge in [-0.05, 0) is 30.6 Å². The summed E-state index contributed by atoms with van der Waals surface area (Å²) < 4.78 is 0. The molecule has 1 aliphatic carbocycles. The van der Waals surface area contributed by atoms with Gasteiger partial charge in [0.15, 0.2) is 0 Å². The first-order valence-corrected chi connectivity index (χ1v) is 4.18. The zero-order valence-electron chi connectivity index (χ0n) is 7.22. The largest absolute Gasteiger partial charge is 0.393 e. The first-order valence-electron chi connectivity index (χ1n) is 4.18. The van der Waals surface area contributed by atoms with E-state index in [1.165, 1.54) is 6.42 Å². The highest BCUT2D eigenvalue weighted by molar-refractivity contribution is 4.82. The first-order chi connectivity index (χ1) is 4.50. The van der Waals surface area contributed by atoms with E-state index in [0.29, 0.717) is 5.41 Å². The zero-order chi connectivity index (χ0) is 7.78. The lowest BCUT2D eigenvalue weighted by molar-refractivity contribution is 0.158. The highest BCUT2D eigenvalue weighted by Gasteiger charge is 2.31. The van der Waals surface area contributed by atoms with Crippen molar-refractivity contribution in [2.45, 2.75) is 46.1 Å². The van der Waals surface area contributed by atoms with E-state index in [2.05, 4.69) is 20.8 Å². The summed E-state index contributed by atoms with van der Waals surface area (Å²) in [6.45, 7) is 6.78. The van der Waals surface area contributed by atoms with Gasteiger partial charge in [-0.25, -0.2) is 0 Å². The fraction of sp³-hybridized carbons (Fsp3) is 1.00. The maximum atomic E-state index is 9.26. The lowest BCUT2D eigenvalue weighted by Crippen LogP contribution is -2.18. The van der Waals surface area contributed by atoms with E-state index in [9.17, 15) is 5.11 Å². The summed E-state index contributed by atoms with van der Waals surface area (Å²) >= 11 is 0. The predicted molar refractivity (Wildman–Crippen MR) is 42.8 cm³/mol. The Labute approximate surface area is 63.4 Å². The third-order valence-corrected chi connectivity index (χ3v) is 2.63. The zero-order valence-corrected chi connectivity index (χ0v) is 7.22. The van der Waals surface area contributed by atoms with Gasteiger partial charge >= 0.3 is 0 Å². The van der Waals surface area contributed by atoms with Crippen LogP contribution >= 0.6 is 0 Å². The number of rotatable bonds is 0. The molecule has 0 spiro atoms. The maximum Gasteiger partial charge on any atom is 0.0543 e. The van der Waals surface area contributed by atoms with Crippen LogP contribution in [0.25, 0.3) is 0 Å². The van der Waals surface area contributed by atoms with Crippen molar-refractivity contribution in [2.24, 2.45) is 11.3 Å². The average Bonchev–Trinajstić information content (AvgIpc) is 2.11. The standard InChI is InChI=1S/C9H18O/c1-9(2,3)7-4-5-8(10)6-7/h7-8,10H,4-6H2,1-3H3/t7-,8-/m0/s1. The van der Waals surface area contributed by atoms with Crippen molar-refractivity contribution in [3.05, 3.63) is 0 Å². The number of aliphatic hydroxyl groups is 1. The van der Waals surface area contributed by atoms with Gasteiger partial charge in [0.05, 0.1) is 6.10 Å². The van der Waals surface area contributed by atoms with Crippen LogP contribution < -0.4 is 0 Å². The number of hydrogen-bond donors (Lipinski definition) is 1. The summed E-state index contributed by atoms with van der Waals surface area (Å²) in [5.74, 6) is 0.738. The Hall–Kier alpha value is -0.0400. The molecule has 0 aromatic heterocycles. The van der Waals surface area contributed by atoms with E-state index in [1.807, 2.05) is 0 Å². The molecule has 0 heterocycles. The molecular weight excluding hydrogens is 124 g/mol. The van der Waals surface area contributed by atoms with Crippen molar-refractivity contribution >= 4 is 0 Å². The van der Waals surface area contributed by atoms with Gasteiger partial charge in [-0.15, -0.1) is 0 Å². The first kappa shape index (κ1) is 8.06. The van der Waals surface area contributed by atoms with Crippen LogP contribution in [-0.2, 0) is 0 Å². The van der Waals surface area contributed by atoms with Gasteiger partial charge in [0.2, 0.25) is 0 Å². The monoisotopic (exact) mass is 142 g/mol. The summed E-state index contributed by atoms with van der Waals surface area (Å²) in [4.78, 5) is 0. The molecule has 0 aromatic carbocycles. The molecule has 0 amide bonds. The van der Waals surface area contributed by atoms with Crippen LogP contribution in [0.15, 0.2) is 0 Å². The average molecular weight is 142 g/mol. The second-order valence-electron chi connectivity index (χ2n) is 4.53. The molecule has 0 aliphatic heterocycles. The van der Waals surface area contributed by atoms with Gasteiger partial charge in [-0.1, -0.05) is 20.8 Å². The SMILES string of the molecule is CC(C)(C)[C@H]1CC[C@H](O)C1. The van der Waals surface area contributed by atoms with Crippen LogP contribution in [0.2, 0.25) is 0 Å². The Morgan fingerprint density at radius 1 is 1.20 bits per heavy atom. The molecule has 1 nitrogen and oxygen atoms in total. The van der Waals surface area contributed by atoms with Gasteiger partial charge in [0.1, 0.15) is 0 Å². The summed E-state index contributed by atoms with van der Waals surface area (Å²) in [6.07, 6.45) is 3.24. The molecule has 10 heavy (non-hydrogen) atoms. The second kappa shape index (κ2) is 2.54. The third kappa shape index (κ3) is 1.72. The third-order valence-electron chi connectivity index (χ3n) is 2.63. The van der Waals surface area contributed by atoms with E-state index < -0.39 is 0 Å². The normalized spacial score (nSPS) is 34.8. The van der Waals surface area contributed by atoms with Crippen molar-refractivity contribution in [1.82, 2.24) is 0 Å². The highest BCUT2D eigenvalue weighted by Crippen LogP contribution is 2.38. The second-order valence-corrected chi connectivity index (χ2v) is 4.53. The Kier molecular flexibility index (Phi) is 2.04. The Morgan fingerprint density at radius 3 is 2.00 bits per heavy atom. The van der Waals surface area contributed by atoms with Gasteiger partial charge in [-0.3, -0.25) is 0 Å². The van der Waals surface area contributed by atoms with Crippen LogP contribution in [0.1, 0.15) is 40.0 Å². The lowest BCUT2D eigenvalue weighted by Gasteiger charge is -2.26. The summed E-state index contributed by atoms with van der Waals surface area (Å²) in [6, 6.07) is 0. The Morgan fingerprint density at radius 2 is 1.80 bits per heavy atom. The fourth-order valence-electron chi connectivity index (χ4n) is 1.74. The van der Waals surface area contributed by atoms with E-state index in [0.717, 1.165) is 18.8 Å². The van der Waals surface area contributed by atoms with E-state index >= 15 is 0 Å². The van der Waals surface area contributed by atoms with Crippen molar-refractivity contribution in [3.8, 4) is 0 Å². The van der Waals surface area contributed by atoms with Crippen molar-refractivity contribution in [3.63, 3.8) is 0 Å². The van der Waals surface area contributed by atoms with Gasteiger partial charge in [0, 0.05) is 0 Å². The van der Waals surface area contributed by atoms with Crippen LogP contribution in [0.4, 0.5) is 0 Å². The van der Waals surface area contributed by atoms with Crippen LogP contribution in [0.5, 0.6) is 0 Å². The molecule has 1 N–H and O–H groups in total. The molecule has 1 rings (SSSR count). The van der Waals surface area contributed by atoms with E-state index in [4.69, 9.17) is 0 Å². The molecule has 0 aromatic rings. The molecule has 2 atom stereocenters. The number of hydrogen-bond acceptors (Lipinski definition) is 1. The van der Waals surface area contributed by atoms with Gasteiger partial charge in [-0.2, -0.15) is 0 Å². The van der Waals surface area contributed by atoms with Gasteiger partial charge in [0.25, 0.3) is 0 Å². The van der Waals surface area contributed by atoms with Crippen LogP contribution in [0.3, 0.4) is 0 Å².